The molecule has 1 amide bonds. The summed E-state index contributed by atoms with van der Waals surface area (Å²) in [5, 5.41) is 3.12. The molecule has 0 aliphatic heterocycles. The summed E-state index contributed by atoms with van der Waals surface area (Å²) >= 11 is 0. The average molecular weight is 256 g/mol. The molecule has 18 heavy (non-hydrogen) atoms. The van der Waals surface area contributed by atoms with E-state index in [9.17, 15) is 4.79 Å². The van der Waals surface area contributed by atoms with Gasteiger partial charge in [-0.05, 0) is 25.7 Å². The van der Waals surface area contributed by atoms with Crippen LogP contribution in [0.15, 0.2) is 0 Å². The second-order valence-corrected chi connectivity index (χ2v) is 5.43. The number of nitrogens with two attached hydrogens (primary N) is 1. The summed E-state index contributed by atoms with van der Waals surface area (Å²) in [5.41, 5.74) is 5.93. The lowest BCUT2D eigenvalue weighted by Crippen LogP contribution is -2.44. The molecule has 0 heterocycles. The summed E-state index contributed by atoms with van der Waals surface area (Å²) < 4.78 is 5.17. The highest BCUT2D eigenvalue weighted by molar-refractivity contribution is 5.79. The van der Waals surface area contributed by atoms with Crippen molar-refractivity contribution in [1.29, 1.82) is 0 Å². The first-order chi connectivity index (χ1) is 8.67. The van der Waals surface area contributed by atoms with Gasteiger partial charge in [-0.15, -0.1) is 0 Å². The molecule has 0 spiro atoms. The van der Waals surface area contributed by atoms with Crippen LogP contribution < -0.4 is 11.1 Å². The SMILES string of the molecule is CCCCC(COC)NC(=O)C1CCCC(N)C1. The number of carbonyl (C=O) groups excluding carboxylic acids is 1. The van der Waals surface area contributed by atoms with Gasteiger partial charge in [0.2, 0.25) is 5.91 Å². The molecule has 1 aliphatic rings. The van der Waals surface area contributed by atoms with Gasteiger partial charge >= 0.3 is 0 Å². The minimum atomic E-state index is 0.106. The van der Waals surface area contributed by atoms with Crippen molar-refractivity contribution in [2.24, 2.45) is 11.7 Å². The van der Waals surface area contributed by atoms with E-state index in [0.29, 0.717) is 6.61 Å². The van der Waals surface area contributed by atoms with Gasteiger partial charge in [-0.3, -0.25) is 4.79 Å². The van der Waals surface area contributed by atoms with Gasteiger partial charge in [-0.1, -0.05) is 26.2 Å². The van der Waals surface area contributed by atoms with Crippen LogP contribution in [0, 0.1) is 5.92 Å². The molecular weight excluding hydrogens is 228 g/mol. The maximum absolute atomic E-state index is 12.2. The monoisotopic (exact) mass is 256 g/mol. The van der Waals surface area contributed by atoms with Gasteiger partial charge in [0, 0.05) is 19.1 Å². The van der Waals surface area contributed by atoms with Crippen LogP contribution in [0.3, 0.4) is 0 Å². The number of rotatable bonds is 7. The fourth-order valence-corrected chi connectivity index (χ4v) is 2.63. The Morgan fingerprint density at radius 3 is 2.89 bits per heavy atom. The normalized spacial score (nSPS) is 25.7. The van der Waals surface area contributed by atoms with Crippen molar-refractivity contribution in [2.75, 3.05) is 13.7 Å². The zero-order valence-electron chi connectivity index (χ0n) is 11.8. The van der Waals surface area contributed by atoms with Gasteiger partial charge in [0.25, 0.3) is 0 Å². The molecule has 1 saturated carbocycles. The second kappa shape index (κ2) is 8.48. The zero-order chi connectivity index (χ0) is 13.4. The number of hydrogen-bond acceptors (Lipinski definition) is 3. The van der Waals surface area contributed by atoms with Crippen LogP contribution in [0.25, 0.3) is 0 Å². The number of carbonyl (C=O) groups is 1. The van der Waals surface area contributed by atoms with Crippen LogP contribution in [0.1, 0.15) is 51.9 Å². The number of amides is 1. The average Bonchev–Trinajstić information content (AvgIpc) is 2.36. The van der Waals surface area contributed by atoms with Gasteiger partial charge in [0.05, 0.1) is 12.6 Å². The van der Waals surface area contributed by atoms with E-state index in [2.05, 4.69) is 12.2 Å². The fourth-order valence-electron chi connectivity index (χ4n) is 2.63. The van der Waals surface area contributed by atoms with Crippen LogP contribution in [0.2, 0.25) is 0 Å². The van der Waals surface area contributed by atoms with Crippen molar-refractivity contribution in [3.05, 3.63) is 0 Å². The van der Waals surface area contributed by atoms with Crippen molar-refractivity contribution in [3.8, 4) is 0 Å². The molecule has 1 fully saturated rings. The van der Waals surface area contributed by atoms with Crippen molar-refractivity contribution in [2.45, 2.75) is 64.0 Å². The number of ether oxygens (including phenoxy) is 1. The smallest absolute Gasteiger partial charge is 0.223 e. The summed E-state index contributed by atoms with van der Waals surface area (Å²) in [5.74, 6) is 0.276. The Hall–Kier alpha value is -0.610. The molecule has 0 saturated heterocycles. The number of nitrogens with one attached hydrogen (secondary N) is 1. The van der Waals surface area contributed by atoms with E-state index in [1.165, 1.54) is 0 Å². The van der Waals surface area contributed by atoms with Crippen LogP contribution in [-0.2, 0) is 9.53 Å². The molecule has 3 unspecified atom stereocenters. The van der Waals surface area contributed by atoms with E-state index in [1.54, 1.807) is 7.11 Å². The van der Waals surface area contributed by atoms with E-state index < -0.39 is 0 Å². The molecule has 0 aromatic heterocycles. The van der Waals surface area contributed by atoms with Gasteiger partial charge in [0.1, 0.15) is 0 Å². The Labute approximate surface area is 111 Å². The summed E-state index contributed by atoms with van der Waals surface area (Å²) in [6.07, 6.45) is 7.20. The van der Waals surface area contributed by atoms with Gasteiger partial charge in [-0.2, -0.15) is 0 Å². The predicted octanol–water partition coefficient (Wildman–Crippen LogP) is 1.83. The standard InChI is InChI=1S/C14H28N2O2/c1-3-4-8-13(10-18-2)16-14(17)11-6-5-7-12(15)9-11/h11-13H,3-10,15H2,1-2H3,(H,16,17). The minimum absolute atomic E-state index is 0.106. The van der Waals surface area contributed by atoms with Crippen molar-refractivity contribution < 1.29 is 9.53 Å². The zero-order valence-corrected chi connectivity index (χ0v) is 11.8. The van der Waals surface area contributed by atoms with Gasteiger partial charge in [-0.25, -0.2) is 0 Å². The lowest BCUT2D eigenvalue weighted by atomic mass is 9.85. The third-order valence-electron chi connectivity index (χ3n) is 3.71. The highest BCUT2D eigenvalue weighted by atomic mass is 16.5. The van der Waals surface area contributed by atoms with E-state index in [1.807, 2.05) is 0 Å². The molecule has 0 aromatic rings. The molecule has 3 N–H and O–H groups in total. The van der Waals surface area contributed by atoms with E-state index in [4.69, 9.17) is 10.5 Å². The first-order valence-electron chi connectivity index (χ1n) is 7.22. The highest BCUT2D eigenvalue weighted by Crippen LogP contribution is 2.23. The molecule has 106 valence electrons. The highest BCUT2D eigenvalue weighted by Gasteiger charge is 2.26. The predicted molar refractivity (Wildman–Crippen MR) is 73.3 cm³/mol. The summed E-state index contributed by atoms with van der Waals surface area (Å²) in [7, 11) is 1.68. The van der Waals surface area contributed by atoms with E-state index in [0.717, 1.165) is 44.9 Å². The van der Waals surface area contributed by atoms with Crippen LogP contribution in [0.5, 0.6) is 0 Å². The molecule has 4 nitrogen and oxygen atoms in total. The molecule has 0 aromatic carbocycles. The minimum Gasteiger partial charge on any atom is -0.383 e. The Balaban J connectivity index is 2.38. The molecule has 4 heteroatoms. The second-order valence-electron chi connectivity index (χ2n) is 5.43. The Morgan fingerprint density at radius 1 is 1.50 bits per heavy atom. The molecule has 1 aliphatic carbocycles. The largest absolute Gasteiger partial charge is 0.383 e. The molecule has 1 rings (SSSR count). The van der Waals surface area contributed by atoms with Crippen LogP contribution in [0.4, 0.5) is 0 Å². The summed E-state index contributed by atoms with van der Waals surface area (Å²) in [6.45, 7) is 2.76. The maximum atomic E-state index is 12.2. The number of methoxy groups -OCH3 is 1. The molecule has 0 radical (unpaired) electrons. The summed E-state index contributed by atoms with van der Waals surface area (Å²) in [6, 6.07) is 0.353. The third kappa shape index (κ3) is 5.36. The quantitative estimate of drug-likeness (QED) is 0.730. The van der Waals surface area contributed by atoms with E-state index >= 15 is 0 Å². The first-order valence-corrected chi connectivity index (χ1v) is 7.22. The lowest BCUT2D eigenvalue weighted by molar-refractivity contribution is -0.127. The lowest BCUT2D eigenvalue weighted by Gasteiger charge is -2.27. The van der Waals surface area contributed by atoms with Crippen molar-refractivity contribution in [3.63, 3.8) is 0 Å². The van der Waals surface area contributed by atoms with E-state index in [-0.39, 0.29) is 23.9 Å². The number of unbranched alkanes of at least 4 members (excludes halogenated alkanes) is 1. The van der Waals surface area contributed by atoms with Crippen molar-refractivity contribution in [1.82, 2.24) is 5.32 Å². The van der Waals surface area contributed by atoms with Crippen LogP contribution >= 0.6 is 0 Å². The van der Waals surface area contributed by atoms with Crippen LogP contribution in [-0.4, -0.2) is 31.7 Å². The molecular formula is C14H28N2O2. The summed E-state index contributed by atoms with van der Waals surface area (Å²) in [4.78, 5) is 12.2. The molecule has 0 bridgehead atoms. The Morgan fingerprint density at radius 2 is 2.28 bits per heavy atom. The maximum Gasteiger partial charge on any atom is 0.223 e. The number of hydrogen-bond donors (Lipinski definition) is 2. The van der Waals surface area contributed by atoms with Crippen molar-refractivity contribution >= 4 is 5.91 Å². The third-order valence-corrected chi connectivity index (χ3v) is 3.71. The van der Waals surface area contributed by atoms with Gasteiger partial charge < -0.3 is 15.8 Å². The molecule has 3 atom stereocenters. The Bertz CT molecular complexity index is 246. The fraction of sp³-hybridized carbons (Fsp3) is 0.929. The first kappa shape index (κ1) is 15.4. The topological polar surface area (TPSA) is 64.3 Å². The Kier molecular flexibility index (Phi) is 7.28. The van der Waals surface area contributed by atoms with Gasteiger partial charge in [0.15, 0.2) is 0 Å².